The first-order valence-electron chi connectivity index (χ1n) is 4.41. The van der Waals surface area contributed by atoms with Gasteiger partial charge in [-0.2, -0.15) is 0 Å². The van der Waals surface area contributed by atoms with E-state index < -0.39 is 0 Å². The molecule has 78 valence electrons. The summed E-state index contributed by atoms with van der Waals surface area (Å²) in [6.45, 7) is 3.05. The molecule has 1 heterocycles. The maximum Gasteiger partial charge on any atom is 0.267 e. The van der Waals surface area contributed by atoms with Crippen molar-refractivity contribution in [2.45, 2.75) is 13.3 Å². The molecule has 1 aromatic rings. The number of carbonyl (C=O) groups is 1. The molecule has 1 rings (SSSR count). The van der Waals surface area contributed by atoms with Gasteiger partial charge in [-0.25, -0.2) is 0 Å². The van der Waals surface area contributed by atoms with E-state index in [9.17, 15) is 4.79 Å². The number of hydrogen-bond donors (Lipinski definition) is 1. The Bertz CT molecular complexity index is 312. The summed E-state index contributed by atoms with van der Waals surface area (Å²) in [5, 5.41) is 3.80. The number of carbonyl (C=O) groups excluding carboxylic acids is 1. The molecule has 5 nitrogen and oxygen atoms in total. The second-order valence-corrected chi connectivity index (χ2v) is 3.81. The maximum atomic E-state index is 11.7. The van der Waals surface area contributed by atoms with Crippen LogP contribution in [0, 0.1) is 6.92 Å². The minimum Gasteiger partial charge on any atom is -0.341 e. The predicted molar refractivity (Wildman–Crippen MR) is 55.3 cm³/mol. The fourth-order valence-corrected chi connectivity index (χ4v) is 1.68. The second-order valence-electron chi connectivity index (χ2n) is 3.06. The normalized spacial score (nSPS) is 10.2. The molecule has 2 N–H and O–H groups in total. The Balaban J connectivity index is 2.61. The number of hydrogen-bond acceptors (Lipinski definition) is 5. The molecule has 0 bridgehead atoms. The molecule has 0 radical (unpaired) electrons. The van der Waals surface area contributed by atoms with Crippen molar-refractivity contribution in [1.82, 2.24) is 14.5 Å². The highest BCUT2D eigenvalue weighted by Gasteiger charge is 2.16. The first-order chi connectivity index (χ1) is 6.66. The van der Waals surface area contributed by atoms with Gasteiger partial charge in [-0.05, 0) is 31.4 Å². The van der Waals surface area contributed by atoms with Crippen LogP contribution >= 0.6 is 11.5 Å². The third-order valence-electron chi connectivity index (χ3n) is 1.89. The van der Waals surface area contributed by atoms with Gasteiger partial charge in [0, 0.05) is 13.6 Å². The average molecular weight is 214 g/mol. The average Bonchev–Trinajstić information content (AvgIpc) is 2.59. The van der Waals surface area contributed by atoms with Crippen LogP contribution in [0.4, 0.5) is 0 Å². The molecular weight excluding hydrogens is 200 g/mol. The number of nitrogens with zero attached hydrogens (tertiary/aromatic N) is 3. The van der Waals surface area contributed by atoms with Crippen LogP contribution in [-0.2, 0) is 0 Å². The molecule has 0 aliphatic rings. The van der Waals surface area contributed by atoms with Crippen LogP contribution in [0.1, 0.15) is 21.8 Å². The Morgan fingerprint density at radius 1 is 1.64 bits per heavy atom. The van der Waals surface area contributed by atoms with E-state index >= 15 is 0 Å². The van der Waals surface area contributed by atoms with E-state index in [1.165, 1.54) is 0 Å². The quantitative estimate of drug-likeness (QED) is 0.780. The lowest BCUT2D eigenvalue weighted by Crippen LogP contribution is -2.28. The van der Waals surface area contributed by atoms with Crippen LogP contribution in [0.25, 0.3) is 0 Å². The molecule has 0 saturated heterocycles. The predicted octanol–water partition coefficient (Wildman–Crippen LogP) is 0.267. The number of aromatic nitrogens is 2. The van der Waals surface area contributed by atoms with Crippen molar-refractivity contribution in [2.75, 3.05) is 20.1 Å². The zero-order valence-corrected chi connectivity index (χ0v) is 9.17. The van der Waals surface area contributed by atoms with Crippen molar-refractivity contribution < 1.29 is 4.79 Å². The first-order valence-corrected chi connectivity index (χ1v) is 5.18. The van der Waals surface area contributed by atoms with E-state index in [2.05, 4.69) is 9.59 Å². The fraction of sp³-hybridized carbons (Fsp3) is 0.625. The summed E-state index contributed by atoms with van der Waals surface area (Å²) in [7, 11) is 1.76. The molecule has 0 fully saturated rings. The SMILES string of the molecule is Cc1nnsc1C(=O)N(C)CCCN. The van der Waals surface area contributed by atoms with Crippen LogP contribution < -0.4 is 5.73 Å². The molecule has 0 atom stereocenters. The largest absolute Gasteiger partial charge is 0.341 e. The number of amides is 1. The molecule has 0 aromatic carbocycles. The number of aryl methyl sites for hydroxylation is 1. The lowest BCUT2D eigenvalue weighted by atomic mass is 10.3. The van der Waals surface area contributed by atoms with Crippen LogP contribution in [0.2, 0.25) is 0 Å². The summed E-state index contributed by atoms with van der Waals surface area (Å²) >= 11 is 1.14. The van der Waals surface area contributed by atoms with Gasteiger partial charge in [0.05, 0.1) is 5.69 Å². The number of nitrogens with two attached hydrogens (primary N) is 1. The number of rotatable bonds is 4. The van der Waals surface area contributed by atoms with Crippen molar-refractivity contribution >= 4 is 17.4 Å². The van der Waals surface area contributed by atoms with Crippen LogP contribution in [0.15, 0.2) is 0 Å². The van der Waals surface area contributed by atoms with Gasteiger partial charge in [0.15, 0.2) is 0 Å². The highest BCUT2D eigenvalue weighted by Crippen LogP contribution is 2.11. The zero-order valence-electron chi connectivity index (χ0n) is 8.36. The van der Waals surface area contributed by atoms with Gasteiger partial charge >= 0.3 is 0 Å². The van der Waals surface area contributed by atoms with Gasteiger partial charge in [-0.3, -0.25) is 4.79 Å². The lowest BCUT2D eigenvalue weighted by Gasteiger charge is -2.15. The van der Waals surface area contributed by atoms with Gasteiger partial charge < -0.3 is 10.6 Å². The molecule has 1 aromatic heterocycles. The van der Waals surface area contributed by atoms with Crippen molar-refractivity contribution in [3.05, 3.63) is 10.6 Å². The van der Waals surface area contributed by atoms with Gasteiger partial charge in [0.25, 0.3) is 5.91 Å². The molecule has 0 spiro atoms. The summed E-state index contributed by atoms with van der Waals surface area (Å²) in [4.78, 5) is 14.0. The second kappa shape index (κ2) is 5.02. The summed E-state index contributed by atoms with van der Waals surface area (Å²) in [5.74, 6) is -0.0223. The minimum absolute atomic E-state index is 0.0223. The Hall–Kier alpha value is -1.01. The molecular formula is C8H14N4OS. The summed E-state index contributed by atoms with van der Waals surface area (Å²) in [5.41, 5.74) is 6.06. The standard InChI is InChI=1S/C8H14N4OS/c1-6-7(14-11-10-6)8(13)12(2)5-3-4-9/h3-5,9H2,1-2H3. The van der Waals surface area contributed by atoms with Crippen molar-refractivity contribution in [3.8, 4) is 0 Å². The van der Waals surface area contributed by atoms with Crippen LogP contribution in [-0.4, -0.2) is 40.5 Å². The lowest BCUT2D eigenvalue weighted by molar-refractivity contribution is 0.0798. The summed E-state index contributed by atoms with van der Waals surface area (Å²) < 4.78 is 3.72. The van der Waals surface area contributed by atoms with Crippen molar-refractivity contribution in [1.29, 1.82) is 0 Å². The smallest absolute Gasteiger partial charge is 0.267 e. The fourth-order valence-electron chi connectivity index (χ4n) is 1.03. The molecule has 0 aliphatic heterocycles. The van der Waals surface area contributed by atoms with Crippen molar-refractivity contribution in [3.63, 3.8) is 0 Å². The molecule has 1 amide bonds. The molecule has 14 heavy (non-hydrogen) atoms. The third-order valence-corrected chi connectivity index (χ3v) is 2.71. The van der Waals surface area contributed by atoms with Crippen LogP contribution in [0.3, 0.4) is 0 Å². The molecule has 0 unspecified atom stereocenters. The van der Waals surface area contributed by atoms with E-state index in [1.54, 1.807) is 18.9 Å². The van der Waals surface area contributed by atoms with Crippen molar-refractivity contribution in [2.24, 2.45) is 5.73 Å². The zero-order chi connectivity index (χ0) is 10.6. The third kappa shape index (κ3) is 2.49. The Labute approximate surface area is 87.1 Å². The highest BCUT2D eigenvalue weighted by atomic mass is 32.1. The maximum absolute atomic E-state index is 11.7. The molecule has 0 aliphatic carbocycles. The van der Waals surface area contributed by atoms with E-state index in [0.717, 1.165) is 18.0 Å². The van der Waals surface area contributed by atoms with E-state index in [1.807, 2.05) is 0 Å². The first kappa shape index (κ1) is 11.1. The Kier molecular flexibility index (Phi) is 3.97. The summed E-state index contributed by atoms with van der Waals surface area (Å²) in [6, 6.07) is 0. The Morgan fingerprint density at radius 2 is 2.36 bits per heavy atom. The van der Waals surface area contributed by atoms with Gasteiger partial charge in [0.2, 0.25) is 0 Å². The molecule has 6 heteroatoms. The van der Waals surface area contributed by atoms with Gasteiger partial charge in [0.1, 0.15) is 4.88 Å². The van der Waals surface area contributed by atoms with E-state index in [-0.39, 0.29) is 5.91 Å². The minimum atomic E-state index is -0.0223. The summed E-state index contributed by atoms with van der Waals surface area (Å²) in [6.07, 6.45) is 0.813. The highest BCUT2D eigenvalue weighted by molar-refractivity contribution is 7.07. The van der Waals surface area contributed by atoms with Crippen LogP contribution in [0.5, 0.6) is 0 Å². The Morgan fingerprint density at radius 3 is 2.86 bits per heavy atom. The molecule has 0 saturated carbocycles. The monoisotopic (exact) mass is 214 g/mol. The van der Waals surface area contributed by atoms with Gasteiger partial charge in [-0.1, -0.05) is 4.49 Å². The van der Waals surface area contributed by atoms with E-state index in [0.29, 0.717) is 23.7 Å². The van der Waals surface area contributed by atoms with E-state index in [4.69, 9.17) is 5.73 Å². The topological polar surface area (TPSA) is 72.1 Å². The van der Waals surface area contributed by atoms with Gasteiger partial charge in [-0.15, -0.1) is 5.10 Å².